The van der Waals surface area contributed by atoms with Crippen molar-refractivity contribution in [2.24, 2.45) is 5.92 Å². The highest BCUT2D eigenvalue weighted by Gasteiger charge is 2.14. The highest BCUT2D eigenvalue weighted by molar-refractivity contribution is 7.11. The van der Waals surface area contributed by atoms with E-state index >= 15 is 0 Å². The molecule has 0 fully saturated rings. The van der Waals surface area contributed by atoms with Gasteiger partial charge in [0.05, 0.1) is 18.2 Å². The Morgan fingerprint density at radius 2 is 2.19 bits per heavy atom. The molecule has 16 heavy (non-hydrogen) atoms. The van der Waals surface area contributed by atoms with Crippen molar-refractivity contribution in [2.45, 2.75) is 27.3 Å². The van der Waals surface area contributed by atoms with E-state index in [4.69, 9.17) is 5.11 Å². The molecule has 1 rings (SSSR count). The Bertz CT molecular complexity index is 357. The smallest absolute Gasteiger partial charge is 0.307 e. The lowest BCUT2D eigenvalue weighted by Crippen LogP contribution is -2.28. The van der Waals surface area contributed by atoms with E-state index in [2.05, 4.69) is 11.9 Å². The summed E-state index contributed by atoms with van der Waals surface area (Å²) in [7, 11) is 1.92. The molecule has 1 aromatic rings. The van der Waals surface area contributed by atoms with Crippen LogP contribution in [0, 0.1) is 19.8 Å². The number of carbonyl (C=O) groups is 1. The summed E-state index contributed by atoms with van der Waals surface area (Å²) in [6.45, 7) is 7.03. The highest BCUT2D eigenvalue weighted by atomic mass is 32.1. The summed E-state index contributed by atoms with van der Waals surface area (Å²) in [5.41, 5.74) is 1.07. The van der Waals surface area contributed by atoms with Crippen LogP contribution in [0.5, 0.6) is 0 Å². The van der Waals surface area contributed by atoms with Gasteiger partial charge in [-0.05, 0) is 20.9 Å². The van der Waals surface area contributed by atoms with E-state index in [1.165, 1.54) is 4.88 Å². The molecule has 1 atom stereocenters. The van der Waals surface area contributed by atoms with Gasteiger partial charge in [-0.1, -0.05) is 6.92 Å². The van der Waals surface area contributed by atoms with Crippen LogP contribution in [0.4, 0.5) is 0 Å². The maximum atomic E-state index is 10.7. The number of thiazole rings is 1. The summed E-state index contributed by atoms with van der Waals surface area (Å²) in [4.78, 5) is 18.4. The summed E-state index contributed by atoms with van der Waals surface area (Å²) >= 11 is 1.68. The number of aryl methyl sites for hydroxylation is 2. The molecule has 0 aliphatic carbocycles. The number of aromatic nitrogens is 1. The number of hydrogen-bond acceptors (Lipinski definition) is 4. The molecule has 0 aromatic carbocycles. The maximum Gasteiger partial charge on any atom is 0.307 e. The van der Waals surface area contributed by atoms with Crippen molar-refractivity contribution < 1.29 is 9.90 Å². The molecule has 0 spiro atoms. The number of carboxylic acid groups (broad SMARTS) is 1. The Kier molecular flexibility index (Phi) is 4.44. The zero-order chi connectivity index (χ0) is 12.3. The van der Waals surface area contributed by atoms with Crippen LogP contribution >= 0.6 is 11.3 Å². The van der Waals surface area contributed by atoms with Crippen molar-refractivity contribution in [2.75, 3.05) is 13.6 Å². The van der Waals surface area contributed by atoms with Crippen molar-refractivity contribution in [3.8, 4) is 0 Å². The van der Waals surface area contributed by atoms with Gasteiger partial charge in [-0.15, -0.1) is 11.3 Å². The third-order valence-corrected chi connectivity index (χ3v) is 3.54. The quantitative estimate of drug-likeness (QED) is 0.857. The van der Waals surface area contributed by atoms with Crippen molar-refractivity contribution >= 4 is 17.3 Å². The van der Waals surface area contributed by atoms with Crippen molar-refractivity contribution in [1.29, 1.82) is 0 Å². The van der Waals surface area contributed by atoms with Gasteiger partial charge in [0.25, 0.3) is 0 Å². The molecule has 0 aliphatic rings. The Morgan fingerprint density at radius 1 is 1.56 bits per heavy atom. The first kappa shape index (κ1) is 13.1. The molecule has 90 valence electrons. The minimum atomic E-state index is -0.752. The van der Waals surface area contributed by atoms with Crippen molar-refractivity contribution in [3.63, 3.8) is 0 Å². The van der Waals surface area contributed by atoms with Crippen LogP contribution in [-0.2, 0) is 11.3 Å². The lowest BCUT2D eigenvalue weighted by atomic mass is 10.2. The van der Waals surface area contributed by atoms with E-state index in [1.807, 2.05) is 18.9 Å². The monoisotopic (exact) mass is 242 g/mol. The van der Waals surface area contributed by atoms with E-state index in [1.54, 1.807) is 18.3 Å². The molecule has 0 saturated heterocycles. The zero-order valence-electron chi connectivity index (χ0n) is 10.1. The Labute approximate surface area is 99.9 Å². The second-order valence-corrected chi connectivity index (χ2v) is 5.47. The fraction of sp³-hybridized carbons (Fsp3) is 0.636. The molecule has 0 aliphatic heterocycles. The number of rotatable bonds is 5. The molecule has 4 nitrogen and oxygen atoms in total. The lowest BCUT2D eigenvalue weighted by Gasteiger charge is -2.17. The molecule has 0 amide bonds. The van der Waals surface area contributed by atoms with Gasteiger partial charge in [-0.3, -0.25) is 9.69 Å². The minimum absolute atomic E-state index is 0.341. The van der Waals surface area contributed by atoms with Crippen molar-refractivity contribution in [3.05, 3.63) is 15.6 Å². The van der Waals surface area contributed by atoms with Gasteiger partial charge in [-0.25, -0.2) is 4.98 Å². The third kappa shape index (κ3) is 3.57. The van der Waals surface area contributed by atoms with Crippen LogP contribution in [-0.4, -0.2) is 34.6 Å². The van der Waals surface area contributed by atoms with Gasteiger partial charge in [0, 0.05) is 11.4 Å². The van der Waals surface area contributed by atoms with Crippen LogP contribution in [0.15, 0.2) is 0 Å². The molecule has 0 radical (unpaired) electrons. The second kappa shape index (κ2) is 5.41. The van der Waals surface area contributed by atoms with Gasteiger partial charge in [0.2, 0.25) is 0 Å². The van der Waals surface area contributed by atoms with Crippen LogP contribution in [0.2, 0.25) is 0 Å². The van der Waals surface area contributed by atoms with E-state index in [9.17, 15) is 4.79 Å². The maximum absolute atomic E-state index is 10.7. The zero-order valence-corrected chi connectivity index (χ0v) is 11.0. The number of aliphatic carboxylic acids is 1. The molecular formula is C11H18N2O2S. The van der Waals surface area contributed by atoms with Crippen LogP contribution in [0.1, 0.15) is 22.5 Å². The van der Waals surface area contributed by atoms with E-state index < -0.39 is 5.97 Å². The number of carboxylic acids is 1. The van der Waals surface area contributed by atoms with Gasteiger partial charge >= 0.3 is 5.97 Å². The summed E-state index contributed by atoms with van der Waals surface area (Å²) in [5, 5.41) is 9.86. The second-order valence-electron chi connectivity index (χ2n) is 4.19. The third-order valence-electron chi connectivity index (χ3n) is 2.49. The fourth-order valence-corrected chi connectivity index (χ4v) is 2.46. The summed E-state index contributed by atoms with van der Waals surface area (Å²) in [6.07, 6.45) is 0. The number of nitrogens with zero attached hydrogens (tertiary/aromatic N) is 2. The van der Waals surface area contributed by atoms with Crippen molar-refractivity contribution in [1.82, 2.24) is 9.88 Å². The van der Waals surface area contributed by atoms with Gasteiger partial charge in [0.15, 0.2) is 0 Å². The Hall–Kier alpha value is -0.940. The predicted molar refractivity (Wildman–Crippen MR) is 64.7 cm³/mol. The molecule has 0 saturated carbocycles. The average Bonchev–Trinajstić information content (AvgIpc) is 2.45. The minimum Gasteiger partial charge on any atom is -0.481 e. The molecule has 1 heterocycles. The summed E-state index contributed by atoms with van der Waals surface area (Å²) in [6, 6.07) is 0. The average molecular weight is 242 g/mol. The molecule has 1 unspecified atom stereocenters. The topological polar surface area (TPSA) is 53.4 Å². The highest BCUT2D eigenvalue weighted by Crippen LogP contribution is 2.17. The van der Waals surface area contributed by atoms with Gasteiger partial charge < -0.3 is 5.11 Å². The van der Waals surface area contributed by atoms with Crippen LogP contribution in [0.3, 0.4) is 0 Å². The molecule has 1 N–H and O–H groups in total. The molecular weight excluding hydrogens is 224 g/mol. The van der Waals surface area contributed by atoms with E-state index in [-0.39, 0.29) is 5.92 Å². The predicted octanol–water partition coefficient (Wildman–Crippen LogP) is 1.91. The Balaban J connectivity index is 2.51. The van der Waals surface area contributed by atoms with E-state index in [0.29, 0.717) is 6.54 Å². The first-order valence-corrected chi connectivity index (χ1v) is 6.06. The molecule has 0 bridgehead atoms. The lowest BCUT2D eigenvalue weighted by molar-refractivity contribution is -0.141. The Morgan fingerprint density at radius 3 is 2.62 bits per heavy atom. The number of hydrogen-bond donors (Lipinski definition) is 1. The fourth-order valence-electron chi connectivity index (χ4n) is 1.45. The molecule has 5 heteroatoms. The van der Waals surface area contributed by atoms with E-state index in [0.717, 1.165) is 17.2 Å². The molecule has 1 aromatic heterocycles. The first-order chi connectivity index (χ1) is 7.40. The summed E-state index contributed by atoms with van der Waals surface area (Å²) in [5.74, 6) is -1.09. The standard InChI is InChI=1S/C11H18N2O2S/c1-7(11(14)15)5-13(4)6-10-12-8(2)9(3)16-10/h7H,5-6H2,1-4H3,(H,14,15). The summed E-state index contributed by atoms with van der Waals surface area (Å²) < 4.78 is 0. The van der Waals surface area contributed by atoms with Gasteiger partial charge in [-0.2, -0.15) is 0 Å². The largest absolute Gasteiger partial charge is 0.481 e. The van der Waals surface area contributed by atoms with Crippen LogP contribution < -0.4 is 0 Å². The first-order valence-electron chi connectivity index (χ1n) is 5.24. The van der Waals surface area contributed by atoms with Gasteiger partial charge in [0.1, 0.15) is 5.01 Å². The SMILES string of the molecule is Cc1nc(CN(C)CC(C)C(=O)O)sc1C. The normalized spacial score (nSPS) is 13.1. The van der Waals surface area contributed by atoms with Crippen LogP contribution in [0.25, 0.3) is 0 Å².